The van der Waals surface area contributed by atoms with Crippen LogP contribution in [0.5, 0.6) is 0 Å². The lowest BCUT2D eigenvalue weighted by Crippen LogP contribution is -2.27. The molecule has 0 aliphatic heterocycles. The summed E-state index contributed by atoms with van der Waals surface area (Å²) < 4.78 is 26.5. The average Bonchev–Trinajstić information content (AvgIpc) is 2.44. The first-order valence-corrected chi connectivity index (χ1v) is 6.51. The average molecular weight is 311 g/mol. The number of para-hydroxylation sites is 1. The van der Waals surface area contributed by atoms with Gasteiger partial charge in [0, 0.05) is 25.2 Å². The van der Waals surface area contributed by atoms with E-state index in [0.29, 0.717) is 0 Å². The summed E-state index contributed by atoms with van der Waals surface area (Å²) in [5, 5.41) is 0.280. The Morgan fingerprint density at radius 2 is 2.00 bits per heavy atom. The molecule has 0 atom stereocenters. The molecule has 6 heteroatoms. The third-order valence-corrected chi connectivity index (χ3v) is 3.38. The zero-order valence-electron chi connectivity index (χ0n) is 11.2. The van der Waals surface area contributed by atoms with E-state index in [1.165, 1.54) is 18.0 Å². The minimum atomic E-state index is -0.700. The second kappa shape index (κ2) is 6.10. The van der Waals surface area contributed by atoms with Crippen LogP contribution in [-0.2, 0) is 6.54 Å². The molecule has 2 rings (SSSR count). The Bertz CT molecular complexity index is 691. The first kappa shape index (κ1) is 15.3. The predicted octanol–water partition coefficient (Wildman–Crippen LogP) is 3.47. The van der Waals surface area contributed by atoms with E-state index < -0.39 is 17.5 Å². The molecule has 2 aromatic carbocycles. The van der Waals surface area contributed by atoms with Gasteiger partial charge in [0.05, 0.1) is 16.3 Å². The summed E-state index contributed by atoms with van der Waals surface area (Å²) in [4.78, 5) is 13.6. The number of hydrogen-bond donors (Lipinski definition) is 1. The van der Waals surface area contributed by atoms with E-state index in [9.17, 15) is 13.6 Å². The van der Waals surface area contributed by atoms with Crippen LogP contribution in [-0.4, -0.2) is 17.9 Å². The lowest BCUT2D eigenvalue weighted by molar-refractivity contribution is 0.0785. The fourth-order valence-corrected chi connectivity index (χ4v) is 2.08. The van der Waals surface area contributed by atoms with E-state index in [0.717, 1.165) is 12.1 Å². The topological polar surface area (TPSA) is 46.3 Å². The number of carbonyl (C=O) groups is 1. The maximum absolute atomic E-state index is 13.6. The van der Waals surface area contributed by atoms with Gasteiger partial charge in [-0.2, -0.15) is 0 Å². The smallest absolute Gasteiger partial charge is 0.256 e. The second-order valence-corrected chi connectivity index (χ2v) is 5.01. The number of nitrogens with two attached hydrogens (primary N) is 1. The quantitative estimate of drug-likeness (QED) is 0.882. The van der Waals surface area contributed by atoms with Gasteiger partial charge in [0.25, 0.3) is 5.91 Å². The Morgan fingerprint density at radius 1 is 1.29 bits per heavy atom. The van der Waals surface area contributed by atoms with E-state index in [1.54, 1.807) is 18.2 Å². The van der Waals surface area contributed by atoms with Gasteiger partial charge in [0.1, 0.15) is 11.6 Å². The molecule has 2 aromatic rings. The zero-order chi connectivity index (χ0) is 15.6. The summed E-state index contributed by atoms with van der Waals surface area (Å²) in [6, 6.07) is 7.95. The molecule has 21 heavy (non-hydrogen) atoms. The van der Waals surface area contributed by atoms with Crippen LogP contribution >= 0.6 is 11.6 Å². The van der Waals surface area contributed by atoms with Crippen molar-refractivity contribution < 1.29 is 13.6 Å². The lowest BCUT2D eigenvalue weighted by atomic mass is 10.1. The van der Waals surface area contributed by atoms with Gasteiger partial charge in [0.2, 0.25) is 0 Å². The van der Waals surface area contributed by atoms with Crippen LogP contribution in [0.1, 0.15) is 15.9 Å². The number of amides is 1. The molecule has 0 radical (unpaired) electrons. The van der Waals surface area contributed by atoms with Crippen molar-refractivity contribution in [2.45, 2.75) is 6.54 Å². The molecular formula is C15H13ClF2N2O. The zero-order valence-corrected chi connectivity index (χ0v) is 12.0. The molecule has 0 aliphatic carbocycles. The lowest BCUT2D eigenvalue weighted by Gasteiger charge is -2.19. The van der Waals surface area contributed by atoms with Crippen LogP contribution in [0.3, 0.4) is 0 Å². The van der Waals surface area contributed by atoms with Gasteiger partial charge >= 0.3 is 0 Å². The molecule has 0 aromatic heterocycles. The third kappa shape index (κ3) is 3.31. The Morgan fingerprint density at radius 3 is 2.67 bits per heavy atom. The summed E-state index contributed by atoms with van der Waals surface area (Å²) in [7, 11) is 1.51. The first-order valence-electron chi connectivity index (χ1n) is 6.13. The van der Waals surface area contributed by atoms with E-state index >= 15 is 0 Å². The highest BCUT2D eigenvalue weighted by Crippen LogP contribution is 2.24. The minimum absolute atomic E-state index is 0.00308. The number of rotatable bonds is 3. The fourth-order valence-electron chi connectivity index (χ4n) is 1.91. The predicted molar refractivity (Wildman–Crippen MR) is 78.0 cm³/mol. The molecule has 0 aliphatic rings. The Hall–Kier alpha value is -2.14. The molecule has 0 saturated carbocycles. The number of carbonyl (C=O) groups excluding carboxylic acids is 1. The van der Waals surface area contributed by atoms with Crippen molar-refractivity contribution >= 4 is 23.2 Å². The molecule has 0 saturated heterocycles. The number of halogens is 3. The van der Waals surface area contributed by atoms with Crippen molar-refractivity contribution in [2.75, 3.05) is 12.8 Å². The molecule has 0 spiro atoms. The highest BCUT2D eigenvalue weighted by atomic mass is 35.5. The van der Waals surface area contributed by atoms with Crippen molar-refractivity contribution in [2.24, 2.45) is 0 Å². The van der Waals surface area contributed by atoms with E-state index in [-0.39, 0.29) is 28.4 Å². The van der Waals surface area contributed by atoms with Gasteiger partial charge in [-0.15, -0.1) is 0 Å². The summed E-state index contributed by atoms with van der Waals surface area (Å²) in [5.74, 6) is -1.75. The molecule has 2 N–H and O–H groups in total. The standard InChI is InChI=1S/C15H13ClF2N2O/c1-20(8-9-5-6-10(17)7-13(9)18)15(21)11-3-2-4-12(16)14(11)19/h2-7H,8,19H2,1H3. The highest BCUT2D eigenvalue weighted by Gasteiger charge is 2.17. The minimum Gasteiger partial charge on any atom is -0.397 e. The normalized spacial score (nSPS) is 10.5. The SMILES string of the molecule is CN(Cc1ccc(F)cc1F)C(=O)c1cccc(Cl)c1N. The Kier molecular flexibility index (Phi) is 4.43. The molecular weight excluding hydrogens is 298 g/mol. The van der Waals surface area contributed by atoms with Crippen LogP contribution in [0.4, 0.5) is 14.5 Å². The second-order valence-electron chi connectivity index (χ2n) is 4.60. The van der Waals surface area contributed by atoms with Gasteiger partial charge in [-0.05, 0) is 18.2 Å². The molecule has 0 fully saturated rings. The number of hydrogen-bond acceptors (Lipinski definition) is 2. The van der Waals surface area contributed by atoms with Crippen LogP contribution in [0, 0.1) is 11.6 Å². The van der Waals surface area contributed by atoms with Crippen molar-refractivity contribution in [3.63, 3.8) is 0 Å². The summed E-state index contributed by atoms with van der Waals surface area (Å²) >= 11 is 5.87. The van der Waals surface area contributed by atoms with Crippen molar-refractivity contribution in [1.82, 2.24) is 4.90 Å². The molecule has 110 valence electrons. The van der Waals surface area contributed by atoms with Gasteiger partial charge in [-0.1, -0.05) is 23.7 Å². The largest absolute Gasteiger partial charge is 0.397 e. The monoisotopic (exact) mass is 310 g/mol. The maximum atomic E-state index is 13.6. The molecule has 0 heterocycles. The molecule has 1 amide bonds. The van der Waals surface area contributed by atoms with Crippen molar-refractivity contribution in [3.8, 4) is 0 Å². The van der Waals surface area contributed by atoms with Gasteiger partial charge in [-0.3, -0.25) is 4.79 Å². The van der Waals surface area contributed by atoms with Crippen LogP contribution < -0.4 is 5.73 Å². The first-order chi connectivity index (χ1) is 9.90. The van der Waals surface area contributed by atoms with E-state index in [4.69, 9.17) is 17.3 Å². The third-order valence-electron chi connectivity index (χ3n) is 3.05. The van der Waals surface area contributed by atoms with Crippen LogP contribution in [0.15, 0.2) is 36.4 Å². The van der Waals surface area contributed by atoms with Crippen LogP contribution in [0.25, 0.3) is 0 Å². The number of nitrogens with zero attached hydrogens (tertiary/aromatic N) is 1. The number of nitrogen functional groups attached to an aromatic ring is 1. The number of anilines is 1. The van der Waals surface area contributed by atoms with Crippen LogP contribution in [0.2, 0.25) is 5.02 Å². The maximum Gasteiger partial charge on any atom is 0.256 e. The van der Waals surface area contributed by atoms with Gasteiger partial charge < -0.3 is 10.6 Å². The van der Waals surface area contributed by atoms with E-state index in [2.05, 4.69) is 0 Å². The summed E-state index contributed by atoms with van der Waals surface area (Å²) in [6.07, 6.45) is 0. The summed E-state index contributed by atoms with van der Waals surface area (Å²) in [5.41, 5.74) is 6.40. The van der Waals surface area contributed by atoms with Crippen molar-refractivity contribution in [1.29, 1.82) is 0 Å². The molecule has 0 bridgehead atoms. The fraction of sp³-hybridized carbons (Fsp3) is 0.133. The Labute approximate surface area is 125 Å². The Balaban J connectivity index is 2.21. The van der Waals surface area contributed by atoms with E-state index in [1.807, 2.05) is 0 Å². The number of benzene rings is 2. The van der Waals surface area contributed by atoms with Gasteiger partial charge in [0.15, 0.2) is 0 Å². The van der Waals surface area contributed by atoms with Crippen molar-refractivity contribution in [3.05, 3.63) is 64.2 Å². The van der Waals surface area contributed by atoms with Gasteiger partial charge in [-0.25, -0.2) is 8.78 Å². The molecule has 3 nitrogen and oxygen atoms in total. The highest BCUT2D eigenvalue weighted by molar-refractivity contribution is 6.33. The molecule has 0 unspecified atom stereocenters. The summed E-state index contributed by atoms with van der Waals surface area (Å²) in [6.45, 7) is -0.00308.